The van der Waals surface area contributed by atoms with Gasteiger partial charge in [-0.2, -0.15) is 0 Å². The Morgan fingerprint density at radius 1 is 0.708 bits per heavy atom. The maximum Gasteiger partial charge on any atom is 0.0721 e. The fourth-order valence-electron chi connectivity index (χ4n) is 3.00. The van der Waals surface area contributed by atoms with Crippen LogP contribution in [0.1, 0.15) is 41.5 Å². The van der Waals surface area contributed by atoms with Gasteiger partial charge in [0.1, 0.15) is 0 Å². The first-order valence-corrected chi connectivity index (χ1v) is 9.38. The standard InChI is InChI=1S/C20H36N2O2/c1-7-21(15-17(5)23-9-3)19-11-13-20(14-12-19)22(8-2)16-18(6)24-10-4/h11-14,17-18H,7-10,15-16H2,1-6H3. The van der Waals surface area contributed by atoms with Gasteiger partial charge in [-0.05, 0) is 65.8 Å². The molecule has 1 aromatic rings. The van der Waals surface area contributed by atoms with Crippen LogP contribution < -0.4 is 9.80 Å². The molecule has 0 heterocycles. The lowest BCUT2D eigenvalue weighted by atomic mass is 10.2. The lowest BCUT2D eigenvalue weighted by Crippen LogP contribution is -2.33. The summed E-state index contributed by atoms with van der Waals surface area (Å²) < 4.78 is 11.4. The Morgan fingerprint density at radius 3 is 1.29 bits per heavy atom. The molecule has 0 aliphatic heterocycles. The Labute approximate surface area is 148 Å². The van der Waals surface area contributed by atoms with Gasteiger partial charge in [0, 0.05) is 50.8 Å². The quantitative estimate of drug-likeness (QED) is 0.571. The maximum atomic E-state index is 5.68. The molecule has 0 spiro atoms. The summed E-state index contributed by atoms with van der Waals surface area (Å²) in [5.74, 6) is 0. The fraction of sp³-hybridized carbons (Fsp3) is 0.700. The van der Waals surface area contributed by atoms with E-state index in [1.165, 1.54) is 11.4 Å². The molecule has 0 saturated carbocycles. The summed E-state index contributed by atoms with van der Waals surface area (Å²) in [7, 11) is 0. The second kappa shape index (κ2) is 11.3. The van der Waals surface area contributed by atoms with Crippen molar-refractivity contribution in [3.63, 3.8) is 0 Å². The first-order chi connectivity index (χ1) is 11.5. The Bertz CT molecular complexity index is 395. The monoisotopic (exact) mass is 336 g/mol. The van der Waals surface area contributed by atoms with Crippen molar-refractivity contribution in [1.29, 1.82) is 0 Å². The summed E-state index contributed by atoms with van der Waals surface area (Å²) >= 11 is 0. The molecule has 0 N–H and O–H groups in total. The van der Waals surface area contributed by atoms with Crippen molar-refractivity contribution in [2.75, 3.05) is 49.2 Å². The van der Waals surface area contributed by atoms with E-state index < -0.39 is 0 Å². The van der Waals surface area contributed by atoms with Crippen LogP contribution in [-0.4, -0.2) is 51.6 Å². The van der Waals surface area contributed by atoms with Gasteiger partial charge < -0.3 is 19.3 Å². The van der Waals surface area contributed by atoms with Crippen molar-refractivity contribution in [3.8, 4) is 0 Å². The lowest BCUT2D eigenvalue weighted by Gasteiger charge is -2.29. The number of ether oxygens (including phenoxy) is 2. The minimum absolute atomic E-state index is 0.244. The van der Waals surface area contributed by atoms with Gasteiger partial charge >= 0.3 is 0 Å². The Kier molecular flexibility index (Phi) is 9.80. The van der Waals surface area contributed by atoms with Crippen molar-refractivity contribution in [3.05, 3.63) is 24.3 Å². The maximum absolute atomic E-state index is 5.68. The van der Waals surface area contributed by atoms with Gasteiger partial charge in [0.2, 0.25) is 0 Å². The average Bonchev–Trinajstić information content (AvgIpc) is 2.58. The van der Waals surface area contributed by atoms with E-state index in [2.05, 4.69) is 61.8 Å². The van der Waals surface area contributed by atoms with Crippen LogP contribution in [0.25, 0.3) is 0 Å². The summed E-state index contributed by atoms with van der Waals surface area (Å²) in [6, 6.07) is 8.86. The zero-order valence-electron chi connectivity index (χ0n) is 16.4. The van der Waals surface area contributed by atoms with E-state index in [1.54, 1.807) is 0 Å². The van der Waals surface area contributed by atoms with Crippen LogP contribution in [0.2, 0.25) is 0 Å². The summed E-state index contributed by atoms with van der Waals surface area (Å²) in [5.41, 5.74) is 2.50. The lowest BCUT2D eigenvalue weighted by molar-refractivity contribution is 0.0808. The number of nitrogens with zero attached hydrogens (tertiary/aromatic N) is 2. The first-order valence-electron chi connectivity index (χ1n) is 9.38. The van der Waals surface area contributed by atoms with E-state index in [9.17, 15) is 0 Å². The Morgan fingerprint density at radius 2 is 1.04 bits per heavy atom. The number of anilines is 2. The molecular weight excluding hydrogens is 300 g/mol. The minimum atomic E-state index is 0.244. The highest BCUT2D eigenvalue weighted by Gasteiger charge is 2.12. The van der Waals surface area contributed by atoms with Gasteiger partial charge in [0.25, 0.3) is 0 Å². The van der Waals surface area contributed by atoms with Crippen molar-refractivity contribution in [2.24, 2.45) is 0 Å². The van der Waals surface area contributed by atoms with Crippen LogP contribution in [0.5, 0.6) is 0 Å². The van der Waals surface area contributed by atoms with E-state index >= 15 is 0 Å². The van der Waals surface area contributed by atoms with Gasteiger partial charge in [0.15, 0.2) is 0 Å². The highest BCUT2D eigenvalue weighted by atomic mass is 16.5. The molecule has 0 aliphatic carbocycles. The summed E-state index contributed by atoms with van der Waals surface area (Å²) in [4.78, 5) is 4.73. The molecule has 0 saturated heterocycles. The predicted molar refractivity (Wildman–Crippen MR) is 104 cm³/mol. The van der Waals surface area contributed by atoms with Gasteiger partial charge in [-0.3, -0.25) is 0 Å². The Balaban J connectivity index is 2.74. The summed E-state index contributed by atoms with van der Waals surface area (Å²) in [5, 5.41) is 0. The van der Waals surface area contributed by atoms with Crippen LogP contribution in [0.4, 0.5) is 11.4 Å². The Hall–Kier alpha value is -1.26. The molecule has 2 atom stereocenters. The summed E-state index contributed by atoms with van der Waals surface area (Å²) in [6.45, 7) is 18.1. The number of hydrogen-bond acceptors (Lipinski definition) is 4. The molecule has 1 rings (SSSR count). The number of rotatable bonds is 12. The number of likely N-dealkylation sites (N-methyl/N-ethyl adjacent to an activating group) is 2. The van der Waals surface area contributed by atoms with Gasteiger partial charge in [-0.15, -0.1) is 0 Å². The molecule has 4 heteroatoms. The molecule has 0 radical (unpaired) electrons. The van der Waals surface area contributed by atoms with E-state index in [0.717, 1.165) is 39.4 Å². The zero-order valence-corrected chi connectivity index (χ0v) is 16.4. The first kappa shape index (κ1) is 20.8. The molecule has 0 bridgehead atoms. The van der Waals surface area contributed by atoms with Crippen molar-refractivity contribution < 1.29 is 9.47 Å². The molecule has 0 amide bonds. The molecule has 138 valence electrons. The SMILES string of the molecule is CCOC(C)CN(CC)c1ccc(N(CC)CC(C)OCC)cc1. The fourth-order valence-corrected chi connectivity index (χ4v) is 3.00. The van der Waals surface area contributed by atoms with Crippen LogP contribution in [0, 0.1) is 0 Å². The molecule has 0 aromatic heterocycles. The third-order valence-corrected chi connectivity index (χ3v) is 4.20. The number of benzene rings is 1. The third kappa shape index (κ3) is 6.70. The summed E-state index contributed by atoms with van der Waals surface area (Å²) in [6.07, 6.45) is 0.489. The van der Waals surface area contributed by atoms with Crippen LogP contribution in [0.15, 0.2) is 24.3 Å². The number of hydrogen-bond donors (Lipinski definition) is 0. The van der Waals surface area contributed by atoms with Gasteiger partial charge in [-0.1, -0.05) is 0 Å². The molecule has 24 heavy (non-hydrogen) atoms. The van der Waals surface area contributed by atoms with Crippen molar-refractivity contribution >= 4 is 11.4 Å². The second-order valence-corrected chi connectivity index (χ2v) is 6.13. The van der Waals surface area contributed by atoms with E-state index in [4.69, 9.17) is 9.47 Å². The van der Waals surface area contributed by atoms with E-state index in [0.29, 0.717) is 0 Å². The van der Waals surface area contributed by atoms with Gasteiger partial charge in [-0.25, -0.2) is 0 Å². The molecule has 0 fully saturated rings. The van der Waals surface area contributed by atoms with Crippen molar-refractivity contribution in [2.45, 2.75) is 53.8 Å². The topological polar surface area (TPSA) is 24.9 Å². The highest BCUT2D eigenvalue weighted by molar-refractivity contribution is 5.56. The van der Waals surface area contributed by atoms with Gasteiger partial charge in [0.05, 0.1) is 12.2 Å². The molecular formula is C20H36N2O2. The van der Waals surface area contributed by atoms with Crippen molar-refractivity contribution in [1.82, 2.24) is 0 Å². The third-order valence-electron chi connectivity index (χ3n) is 4.20. The molecule has 2 unspecified atom stereocenters. The van der Waals surface area contributed by atoms with Crippen LogP contribution >= 0.6 is 0 Å². The molecule has 4 nitrogen and oxygen atoms in total. The van der Waals surface area contributed by atoms with Crippen LogP contribution in [0.3, 0.4) is 0 Å². The van der Waals surface area contributed by atoms with Crippen LogP contribution in [-0.2, 0) is 9.47 Å². The average molecular weight is 337 g/mol. The largest absolute Gasteiger partial charge is 0.377 e. The van der Waals surface area contributed by atoms with E-state index in [-0.39, 0.29) is 12.2 Å². The zero-order chi connectivity index (χ0) is 17.9. The predicted octanol–water partition coefficient (Wildman–Crippen LogP) is 4.19. The molecule has 0 aliphatic rings. The minimum Gasteiger partial charge on any atom is -0.377 e. The van der Waals surface area contributed by atoms with E-state index in [1.807, 2.05) is 13.8 Å². The normalized spacial score (nSPS) is 13.6. The molecule has 1 aromatic carbocycles. The smallest absolute Gasteiger partial charge is 0.0721 e. The second-order valence-electron chi connectivity index (χ2n) is 6.13. The highest BCUT2D eigenvalue weighted by Crippen LogP contribution is 2.21.